The lowest BCUT2D eigenvalue weighted by atomic mass is 10.2. The van der Waals surface area contributed by atoms with Crippen molar-refractivity contribution < 1.29 is 9.21 Å². The maximum Gasteiger partial charge on any atom is 0.265 e. The first-order chi connectivity index (χ1) is 9.74. The van der Waals surface area contributed by atoms with E-state index in [0.717, 1.165) is 27.7 Å². The molecule has 0 fully saturated rings. The highest BCUT2D eigenvalue weighted by atomic mass is 32.1. The molecule has 0 saturated carbocycles. The smallest absolute Gasteiger partial charge is 0.265 e. The third-order valence-electron chi connectivity index (χ3n) is 2.74. The molecule has 0 radical (unpaired) electrons. The van der Waals surface area contributed by atoms with Crippen LogP contribution in [0.25, 0.3) is 11.3 Å². The molecule has 3 heterocycles. The Morgan fingerprint density at radius 2 is 2.40 bits per heavy atom. The van der Waals surface area contributed by atoms with Gasteiger partial charge in [-0.1, -0.05) is 4.49 Å². The van der Waals surface area contributed by atoms with E-state index in [1.54, 1.807) is 24.5 Å². The number of furan rings is 1. The van der Waals surface area contributed by atoms with Gasteiger partial charge in [0, 0.05) is 15.8 Å². The summed E-state index contributed by atoms with van der Waals surface area (Å²) in [5.74, 6) is 0.701. The number of rotatable bonds is 4. The lowest BCUT2D eigenvalue weighted by molar-refractivity contribution is 0.0954. The molecular weight excluding hydrogens is 294 g/mol. The Morgan fingerprint density at radius 3 is 3.10 bits per heavy atom. The molecule has 0 aromatic carbocycles. The second-order valence-corrected chi connectivity index (χ2v) is 5.90. The Balaban J connectivity index is 1.65. The highest BCUT2D eigenvalue weighted by molar-refractivity contribution is 7.10. The van der Waals surface area contributed by atoms with Gasteiger partial charge in [0.25, 0.3) is 5.91 Å². The zero-order valence-corrected chi connectivity index (χ0v) is 12.3. The molecule has 0 aliphatic rings. The Bertz CT molecular complexity index is 716. The van der Waals surface area contributed by atoms with Crippen LogP contribution in [0, 0.1) is 6.92 Å². The molecule has 3 rings (SSSR count). The molecule has 3 aromatic rings. The fourth-order valence-corrected chi connectivity index (χ4v) is 3.12. The number of aryl methyl sites for hydroxylation is 1. The normalized spacial score (nSPS) is 10.7. The fourth-order valence-electron chi connectivity index (χ4n) is 1.73. The van der Waals surface area contributed by atoms with Crippen LogP contribution >= 0.6 is 22.9 Å². The van der Waals surface area contributed by atoms with E-state index >= 15 is 0 Å². The number of hydrogen-bond acceptors (Lipinski definition) is 6. The third kappa shape index (κ3) is 2.63. The molecule has 0 unspecified atom stereocenters. The Kier molecular flexibility index (Phi) is 3.62. The van der Waals surface area contributed by atoms with Crippen molar-refractivity contribution in [2.45, 2.75) is 13.5 Å². The predicted molar refractivity (Wildman–Crippen MR) is 77.8 cm³/mol. The van der Waals surface area contributed by atoms with Crippen molar-refractivity contribution in [3.05, 3.63) is 45.3 Å². The van der Waals surface area contributed by atoms with Crippen LogP contribution in [0.5, 0.6) is 0 Å². The van der Waals surface area contributed by atoms with E-state index in [1.165, 1.54) is 0 Å². The van der Waals surface area contributed by atoms with Crippen LogP contribution < -0.4 is 5.32 Å². The average Bonchev–Trinajstić information content (AvgIpc) is 3.16. The Hall–Kier alpha value is -1.99. The van der Waals surface area contributed by atoms with Crippen LogP contribution in [-0.2, 0) is 6.54 Å². The maximum absolute atomic E-state index is 11.9. The van der Waals surface area contributed by atoms with Gasteiger partial charge in [-0.05, 0) is 36.7 Å². The Labute approximate surface area is 123 Å². The summed E-state index contributed by atoms with van der Waals surface area (Å²) in [7, 11) is 0. The number of aromatic nitrogens is 2. The van der Waals surface area contributed by atoms with E-state index in [0.29, 0.717) is 17.1 Å². The van der Waals surface area contributed by atoms with Crippen molar-refractivity contribution in [1.29, 1.82) is 0 Å². The van der Waals surface area contributed by atoms with Crippen LogP contribution in [-0.4, -0.2) is 15.5 Å². The highest BCUT2D eigenvalue weighted by Crippen LogP contribution is 2.25. The lowest BCUT2D eigenvalue weighted by Crippen LogP contribution is -2.22. The summed E-state index contributed by atoms with van der Waals surface area (Å²) < 4.78 is 9.09. The monoisotopic (exact) mass is 305 g/mol. The topological polar surface area (TPSA) is 68.0 Å². The van der Waals surface area contributed by atoms with Crippen LogP contribution in [0.3, 0.4) is 0 Å². The van der Waals surface area contributed by atoms with E-state index in [1.807, 2.05) is 23.6 Å². The molecule has 0 saturated heterocycles. The second-order valence-electron chi connectivity index (χ2n) is 4.15. The minimum Gasteiger partial charge on any atom is -0.464 e. The first kappa shape index (κ1) is 13.0. The van der Waals surface area contributed by atoms with E-state index in [2.05, 4.69) is 14.9 Å². The van der Waals surface area contributed by atoms with Gasteiger partial charge in [0.05, 0.1) is 18.5 Å². The summed E-state index contributed by atoms with van der Waals surface area (Å²) in [6, 6.07) is 5.78. The van der Waals surface area contributed by atoms with Crippen molar-refractivity contribution in [2.24, 2.45) is 0 Å². The fraction of sp³-hybridized carbons (Fsp3) is 0.154. The summed E-state index contributed by atoms with van der Waals surface area (Å²) >= 11 is 2.70. The number of nitrogens with one attached hydrogen (secondary N) is 1. The maximum atomic E-state index is 11.9. The van der Waals surface area contributed by atoms with Crippen LogP contribution in [0.15, 0.2) is 34.3 Å². The number of thiophene rings is 1. The van der Waals surface area contributed by atoms with Gasteiger partial charge in [0.2, 0.25) is 0 Å². The standard InChI is InChI=1S/C13H11N3O2S2/c1-8-12(20-16-15-8)13(17)14-6-10-5-9(7-19-10)11-3-2-4-18-11/h2-5,7H,6H2,1H3,(H,14,17). The van der Waals surface area contributed by atoms with Gasteiger partial charge in [-0.3, -0.25) is 4.79 Å². The molecule has 7 heteroatoms. The van der Waals surface area contributed by atoms with Crippen LogP contribution in [0.4, 0.5) is 0 Å². The largest absolute Gasteiger partial charge is 0.464 e. The first-order valence-corrected chi connectivity index (χ1v) is 7.58. The molecular formula is C13H11N3O2S2. The van der Waals surface area contributed by atoms with Gasteiger partial charge in [0.15, 0.2) is 0 Å². The van der Waals surface area contributed by atoms with Gasteiger partial charge < -0.3 is 9.73 Å². The van der Waals surface area contributed by atoms with E-state index in [9.17, 15) is 4.79 Å². The minimum atomic E-state index is -0.134. The van der Waals surface area contributed by atoms with Gasteiger partial charge in [0.1, 0.15) is 10.6 Å². The van der Waals surface area contributed by atoms with Crippen molar-refractivity contribution in [3.63, 3.8) is 0 Å². The molecule has 1 N–H and O–H groups in total. The van der Waals surface area contributed by atoms with E-state index in [4.69, 9.17) is 4.42 Å². The summed E-state index contributed by atoms with van der Waals surface area (Å²) in [5, 5.41) is 8.71. The van der Waals surface area contributed by atoms with Crippen LogP contribution in [0.1, 0.15) is 20.2 Å². The SMILES string of the molecule is Cc1nnsc1C(=O)NCc1cc(-c2ccco2)cs1. The molecule has 0 aliphatic heterocycles. The number of carbonyl (C=O) groups is 1. The van der Waals surface area contributed by atoms with Gasteiger partial charge in [-0.25, -0.2) is 0 Å². The van der Waals surface area contributed by atoms with Crippen molar-refractivity contribution >= 4 is 28.8 Å². The predicted octanol–water partition coefficient (Wildman–Crippen LogP) is 3.10. The van der Waals surface area contributed by atoms with Crippen molar-refractivity contribution in [1.82, 2.24) is 14.9 Å². The second kappa shape index (κ2) is 5.56. The van der Waals surface area contributed by atoms with E-state index < -0.39 is 0 Å². The average molecular weight is 305 g/mol. The zero-order valence-electron chi connectivity index (χ0n) is 10.6. The summed E-state index contributed by atoms with van der Waals surface area (Å²) in [5.41, 5.74) is 1.69. The molecule has 0 atom stereocenters. The summed E-state index contributed by atoms with van der Waals surface area (Å²) in [4.78, 5) is 13.6. The molecule has 102 valence electrons. The Morgan fingerprint density at radius 1 is 1.50 bits per heavy atom. The zero-order chi connectivity index (χ0) is 13.9. The molecule has 0 aliphatic carbocycles. The van der Waals surface area contributed by atoms with Crippen molar-refractivity contribution in [2.75, 3.05) is 0 Å². The van der Waals surface area contributed by atoms with Gasteiger partial charge in [-0.15, -0.1) is 16.4 Å². The summed E-state index contributed by atoms with van der Waals surface area (Å²) in [6.45, 7) is 2.26. The number of hydrogen-bond donors (Lipinski definition) is 1. The number of amides is 1. The van der Waals surface area contributed by atoms with Gasteiger partial charge >= 0.3 is 0 Å². The summed E-state index contributed by atoms with van der Waals surface area (Å²) in [6.07, 6.45) is 1.65. The molecule has 5 nitrogen and oxygen atoms in total. The molecule has 3 aromatic heterocycles. The molecule has 0 spiro atoms. The lowest BCUT2D eigenvalue weighted by Gasteiger charge is -2.00. The molecule has 0 bridgehead atoms. The van der Waals surface area contributed by atoms with Crippen molar-refractivity contribution in [3.8, 4) is 11.3 Å². The van der Waals surface area contributed by atoms with E-state index in [-0.39, 0.29) is 5.91 Å². The third-order valence-corrected chi connectivity index (χ3v) is 4.50. The van der Waals surface area contributed by atoms with Gasteiger partial charge in [-0.2, -0.15) is 0 Å². The van der Waals surface area contributed by atoms with Crippen LogP contribution in [0.2, 0.25) is 0 Å². The first-order valence-electron chi connectivity index (χ1n) is 5.92. The highest BCUT2D eigenvalue weighted by Gasteiger charge is 2.13. The molecule has 1 amide bonds. The quantitative estimate of drug-likeness (QED) is 0.804. The number of carbonyl (C=O) groups excluding carboxylic acids is 1. The number of nitrogens with zero attached hydrogens (tertiary/aromatic N) is 2. The minimum absolute atomic E-state index is 0.134. The molecule has 20 heavy (non-hydrogen) atoms.